The van der Waals surface area contributed by atoms with E-state index in [1.54, 1.807) is 18.3 Å². The molecule has 0 atom stereocenters. The van der Waals surface area contributed by atoms with Crippen molar-refractivity contribution in [2.45, 2.75) is 0 Å². The van der Waals surface area contributed by atoms with Gasteiger partial charge in [-0.25, -0.2) is 9.78 Å². The zero-order valence-corrected chi connectivity index (χ0v) is 9.26. The Kier molecular flexibility index (Phi) is 3.20. The number of nitrogens with zero attached hydrogens (tertiary/aromatic N) is 2. The highest BCUT2D eigenvalue weighted by Gasteiger charge is 2.11. The van der Waals surface area contributed by atoms with E-state index in [0.717, 1.165) is 0 Å². The molecule has 0 aliphatic carbocycles. The van der Waals surface area contributed by atoms with Gasteiger partial charge in [0.15, 0.2) is 0 Å². The number of carboxylic acid groups (broad SMARTS) is 1. The van der Waals surface area contributed by atoms with E-state index in [9.17, 15) is 4.79 Å². The summed E-state index contributed by atoms with van der Waals surface area (Å²) in [5, 5.41) is 8.94. The molecule has 0 aliphatic rings. The largest absolute Gasteiger partial charge is 0.478 e. The Morgan fingerprint density at radius 2 is 2.24 bits per heavy atom. The third-order valence-electron chi connectivity index (χ3n) is 1.92. The molecule has 6 heteroatoms. The molecule has 2 aromatic heterocycles. The zero-order valence-electron chi connectivity index (χ0n) is 8.50. The first-order chi connectivity index (χ1) is 8.16. The van der Waals surface area contributed by atoms with Crippen LogP contribution >= 0.6 is 11.6 Å². The van der Waals surface area contributed by atoms with Crippen molar-refractivity contribution in [3.8, 4) is 11.6 Å². The summed E-state index contributed by atoms with van der Waals surface area (Å²) in [5.41, 5.74) is -0.0550. The van der Waals surface area contributed by atoms with Crippen molar-refractivity contribution < 1.29 is 14.6 Å². The topological polar surface area (TPSA) is 72.3 Å². The van der Waals surface area contributed by atoms with Gasteiger partial charge in [-0.2, -0.15) is 0 Å². The second-order valence-electron chi connectivity index (χ2n) is 3.10. The molecule has 0 unspecified atom stereocenters. The number of hydrogen-bond acceptors (Lipinski definition) is 4. The van der Waals surface area contributed by atoms with Crippen molar-refractivity contribution >= 4 is 17.6 Å². The van der Waals surface area contributed by atoms with Crippen LogP contribution < -0.4 is 4.74 Å². The molecule has 86 valence electrons. The minimum absolute atomic E-state index is 0.0550. The normalized spacial score (nSPS) is 9.94. The summed E-state index contributed by atoms with van der Waals surface area (Å²) in [6.07, 6.45) is 4.33. The predicted octanol–water partition coefficient (Wildman–Crippen LogP) is 2.62. The Morgan fingerprint density at radius 3 is 2.88 bits per heavy atom. The van der Waals surface area contributed by atoms with E-state index in [-0.39, 0.29) is 16.5 Å². The fourth-order valence-electron chi connectivity index (χ4n) is 1.17. The van der Waals surface area contributed by atoms with E-state index in [1.165, 1.54) is 18.5 Å². The van der Waals surface area contributed by atoms with Crippen molar-refractivity contribution in [3.63, 3.8) is 0 Å². The summed E-state index contributed by atoms with van der Waals surface area (Å²) >= 11 is 5.68. The number of aromatic carboxylic acids is 1. The van der Waals surface area contributed by atoms with Gasteiger partial charge in [0.25, 0.3) is 0 Å². The lowest BCUT2D eigenvalue weighted by Gasteiger charge is -2.05. The van der Waals surface area contributed by atoms with Crippen LogP contribution in [0.3, 0.4) is 0 Å². The van der Waals surface area contributed by atoms with E-state index in [2.05, 4.69) is 9.97 Å². The number of ether oxygens (including phenoxy) is 1. The maximum absolute atomic E-state index is 10.8. The third-order valence-corrected chi connectivity index (χ3v) is 2.22. The first-order valence-corrected chi connectivity index (χ1v) is 5.01. The maximum atomic E-state index is 10.8. The van der Waals surface area contributed by atoms with Crippen molar-refractivity contribution in [2.24, 2.45) is 0 Å². The molecule has 0 aromatic carbocycles. The third kappa shape index (κ3) is 2.70. The Bertz CT molecular complexity index is 546. The van der Waals surface area contributed by atoms with Crippen LogP contribution in [0.25, 0.3) is 0 Å². The molecule has 5 nitrogen and oxygen atoms in total. The number of rotatable bonds is 3. The van der Waals surface area contributed by atoms with E-state index in [0.29, 0.717) is 5.75 Å². The second kappa shape index (κ2) is 4.80. The van der Waals surface area contributed by atoms with E-state index >= 15 is 0 Å². The fraction of sp³-hybridized carbons (Fsp3) is 0. The highest BCUT2D eigenvalue weighted by molar-refractivity contribution is 6.33. The average molecular weight is 251 g/mol. The van der Waals surface area contributed by atoms with Gasteiger partial charge in [0.2, 0.25) is 5.88 Å². The Morgan fingerprint density at radius 1 is 1.41 bits per heavy atom. The van der Waals surface area contributed by atoms with Gasteiger partial charge in [-0.15, -0.1) is 0 Å². The van der Waals surface area contributed by atoms with Crippen LogP contribution in [0, 0.1) is 0 Å². The monoisotopic (exact) mass is 250 g/mol. The van der Waals surface area contributed by atoms with E-state index in [1.807, 2.05) is 0 Å². The van der Waals surface area contributed by atoms with Crippen LogP contribution in [0.5, 0.6) is 11.6 Å². The predicted molar refractivity (Wildman–Crippen MR) is 60.5 cm³/mol. The second-order valence-corrected chi connectivity index (χ2v) is 3.51. The van der Waals surface area contributed by atoms with Gasteiger partial charge < -0.3 is 9.84 Å². The van der Waals surface area contributed by atoms with Crippen LogP contribution in [-0.2, 0) is 0 Å². The van der Waals surface area contributed by atoms with Gasteiger partial charge in [0, 0.05) is 12.3 Å². The molecule has 0 aliphatic heterocycles. The van der Waals surface area contributed by atoms with Crippen LogP contribution in [0.4, 0.5) is 0 Å². The van der Waals surface area contributed by atoms with Crippen LogP contribution in [-0.4, -0.2) is 21.0 Å². The molecule has 1 N–H and O–H groups in total. The Labute approximate surface area is 102 Å². The first-order valence-electron chi connectivity index (χ1n) is 4.63. The van der Waals surface area contributed by atoms with Crippen LogP contribution in [0.15, 0.2) is 36.8 Å². The summed E-state index contributed by atoms with van der Waals surface area (Å²) in [7, 11) is 0. The zero-order chi connectivity index (χ0) is 12.3. The number of pyridine rings is 2. The van der Waals surface area contributed by atoms with Gasteiger partial charge >= 0.3 is 5.97 Å². The summed E-state index contributed by atoms with van der Waals surface area (Å²) < 4.78 is 5.33. The molecule has 0 radical (unpaired) electrons. The van der Waals surface area contributed by atoms with Crippen molar-refractivity contribution in [3.05, 3.63) is 47.4 Å². The summed E-state index contributed by atoms with van der Waals surface area (Å²) in [6, 6.07) is 4.64. The van der Waals surface area contributed by atoms with Crippen LogP contribution in [0.1, 0.15) is 10.4 Å². The van der Waals surface area contributed by atoms with E-state index in [4.69, 9.17) is 21.4 Å². The number of hydrogen-bond donors (Lipinski definition) is 1. The molecular formula is C11H7ClN2O3. The van der Waals surface area contributed by atoms with Crippen molar-refractivity contribution in [1.82, 2.24) is 9.97 Å². The molecule has 0 spiro atoms. The van der Waals surface area contributed by atoms with Crippen LogP contribution in [0.2, 0.25) is 5.02 Å². The molecule has 0 amide bonds. The smallest absolute Gasteiger partial charge is 0.337 e. The van der Waals surface area contributed by atoms with Gasteiger partial charge in [0.05, 0.1) is 23.0 Å². The summed E-state index contributed by atoms with van der Waals surface area (Å²) in [5.74, 6) is -0.508. The molecule has 17 heavy (non-hydrogen) atoms. The molecule has 0 bridgehead atoms. The van der Waals surface area contributed by atoms with Gasteiger partial charge in [-0.05, 0) is 12.1 Å². The molecular weight excluding hydrogens is 244 g/mol. The lowest BCUT2D eigenvalue weighted by molar-refractivity contribution is 0.0696. The SMILES string of the molecule is O=C(O)c1cc(Oc2cccnc2)ncc1Cl. The molecule has 2 aromatic rings. The maximum Gasteiger partial charge on any atom is 0.337 e. The lowest BCUT2D eigenvalue weighted by Crippen LogP contribution is -1.99. The molecule has 0 saturated carbocycles. The fourth-order valence-corrected chi connectivity index (χ4v) is 1.35. The van der Waals surface area contributed by atoms with E-state index < -0.39 is 5.97 Å². The van der Waals surface area contributed by atoms with Crippen molar-refractivity contribution in [1.29, 1.82) is 0 Å². The molecule has 0 fully saturated rings. The standard InChI is InChI=1S/C11H7ClN2O3/c12-9-6-14-10(4-8(9)11(15)16)17-7-2-1-3-13-5-7/h1-6H,(H,15,16). The Hall–Kier alpha value is -2.14. The summed E-state index contributed by atoms with van der Waals surface area (Å²) in [6.45, 7) is 0. The molecule has 2 heterocycles. The number of carbonyl (C=O) groups is 1. The quantitative estimate of drug-likeness (QED) is 0.907. The lowest BCUT2D eigenvalue weighted by atomic mass is 10.3. The van der Waals surface area contributed by atoms with Gasteiger partial charge in [-0.3, -0.25) is 4.98 Å². The minimum atomic E-state index is -1.13. The Balaban J connectivity index is 2.29. The van der Waals surface area contributed by atoms with Crippen molar-refractivity contribution in [2.75, 3.05) is 0 Å². The number of aromatic nitrogens is 2. The minimum Gasteiger partial charge on any atom is -0.478 e. The number of halogens is 1. The first kappa shape index (κ1) is 11.3. The molecule has 2 rings (SSSR count). The summed E-state index contributed by atoms with van der Waals surface area (Å²) in [4.78, 5) is 18.6. The molecule has 0 saturated heterocycles. The highest BCUT2D eigenvalue weighted by atomic mass is 35.5. The van der Waals surface area contributed by atoms with Gasteiger partial charge in [0.1, 0.15) is 5.75 Å². The average Bonchev–Trinajstić information content (AvgIpc) is 2.32. The van der Waals surface area contributed by atoms with Gasteiger partial charge in [-0.1, -0.05) is 11.6 Å². The highest BCUT2D eigenvalue weighted by Crippen LogP contribution is 2.23. The number of carboxylic acids is 1.